The predicted octanol–water partition coefficient (Wildman–Crippen LogP) is 6.05. The molecule has 0 aromatic heterocycles. The van der Waals surface area contributed by atoms with Crippen LogP contribution >= 0.6 is 34.8 Å². The highest BCUT2D eigenvalue weighted by Gasteiger charge is 2.33. The van der Waals surface area contributed by atoms with Crippen LogP contribution in [0.15, 0.2) is 24.3 Å². The molecule has 0 bridgehead atoms. The monoisotopic (exact) mass is 502 g/mol. The van der Waals surface area contributed by atoms with Gasteiger partial charge >= 0.3 is 0 Å². The molecule has 0 spiro atoms. The largest absolute Gasteiger partial charge is 0.490 e. The Labute approximate surface area is 204 Å². The molecule has 3 aliphatic rings. The average Bonchev–Trinajstić information content (AvgIpc) is 3.32. The number of nitrogens with zero attached hydrogens (tertiary/aromatic N) is 2. The standard InChI is InChI=1S/C24H30Cl3FN2O2/c25-24(26,27)30-13-9-17(10-14-30)16-32-22-8-7-20(15-21(22)28)18-3-5-19(6-4-18)23(31)29-11-1-2-12-29/h3,7-8,15,17,19H,1-2,4-6,9-14,16H2. The molecule has 2 fully saturated rings. The Balaban J connectivity index is 1.28. The lowest BCUT2D eigenvalue weighted by Crippen LogP contribution is -2.42. The molecule has 2 saturated heterocycles. The second-order valence-electron chi connectivity index (χ2n) is 9.09. The summed E-state index contributed by atoms with van der Waals surface area (Å²) in [4.78, 5) is 16.4. The van der Waals surface area contributed by atoms with E-state index in [0.29, 0.717) is 25.6 Å². The van der Waals surface area contributed by atoms with E-state index in [1.165, 1.54) is 0 Å². The number of ether oxygens (including phenoxy) is 1. The molecule has 1 atom stereocenters. The summed E-state index contributed by atoms with van der Waals surface area (Å²) >= 11 is 17.8. The molecule has 1 aromatic rings. The summed E-state index contributed by atoms with van der Waals surface area (Å²) in [7, 11) is 0. The van der Waals surface area contributed by atoms with Gasteiger partial charge in [-0.25, -0.2) is 4.39 Å². The second-order valence-corrected chi connectivity index (χ2v) is 11.3. The molecule has 32 heavy (non-hydrogen) atoms. The Morgan fingerprint density at radius 1 is 1.09 bits per heavy atom. The Kier molecular flexibility index (Phi) is 7.92. The van der Waals surface area contributed by atoms with Crippen molar-refractivity contribution in [2.75, 3.05) is 32.8 Å². The molecule has 1 amide bonds. The van der Waals surface area contributed by atoms with Crippen molar-refractivity contribution in [2.45, 2.75) is 48.9 Å². The molecule has 1 aromatic carbocycles. The number of allylic oxidation sites excluding steroid dienone is 2. The van der Waals surface area contributed by atoms with Crippen molar-refractivity contribution in [3.05, 3.63) is 35.7 Å². The van der Waals surface area contributed by atoms with Crippen molar-refractivity contribution in [2.24, 2.45) is 11.8 Å². The lowest BCUT2D eigenvalue weighted by molar-refractivity contribution is -0.134. The van der Waals surface area contributed by atoms with Crippen LogP contribution in [0.4, 0.5) is 4.39 Å². The average molecular weight is 504 g/mol. The first-order valence-corrected chi connectivity index (χ1v) is 12.7. The molecule has 0 N–H and O–H groups in total. The summed E-state index contributed by atoms with van der Waals surface area (Å²) in [6.07, 6.45) is 8.38. The molecule has 2 aliphatic heterocycles. The highest BCUT2D eigenvalue weighted by molar-refractivity contribution is 6.67. The van der Waals surface area contributed by atoms with E-state index in [1.807, 2.05) is 15.9 Å². The third kappa shape index (κ3) is 5.91. The van der Waals surface area contributed by atoms with Crippen LogP contribution in [0.2, 0.25) is 0 Å². The van der Waals surface area contributed by atoms with Gasteiger partial charge < -0.3 is 9.64 Å². The van der Waals surface area contributed by atoms with Gasteiger partial charge in [-0.05, 0) is 74.1 Å². The third-order valence-electron chi connectivity index (χ3n) is 6.93. The maximum atomic E-state index is 14.7. The summed E-state index contributed by atoms with van der Waals surface area (Å²) < 4.78 is 19.1. The van der Waals surface area contributed by atoms with Crippen molar-refractivity contribution in [3.8, 4) is 5.75 Å². The number of hydrogen-bond acceptors (Lipinski definition) is 3. The Hall–Kier alpha value is -1.01. The van der Waals surface area contributed by atoms with Crippen LogP contribution in [0.5, 0.6) is 5.75 Å². The van der Waals surface area contributed by atoms with Gasteiger partial charge in [0, 0.05) is 32.1 Å². The fraction of sp³-hybridized carbons (Fsp3) is 0.625. The normalized spacial score (nSPS) is 23.3. The zero-order valence-corrected chi connectivity index (χ0v) is 20.4. The number of carbonyl (C=O) groups is 1. The van der Waals surface area contributed by atoms with E-state index >= 15 is 0 Å². The highest BCUT2D eigenvalue weighted by atomic mass is 35.6. The van der Waals surface area contributed by atoms with E-state index < -0.39 is 3.92 Å². The molecular weight excluding hydrogens is 474 g/mol. The molecule has 4 rings (SSSR count). The number of halogens is 4. The van der Waals surface area contributed by atoms with E-state index in [1.54, 1.807) is 12.1 Å². The number of likely N-dealkylation sites (tertiary alicyclic amines) is 2. The molecular formula is C24H30Cl3FN2O2. The van der Waals surface area contributed by atoms with Gasteiger partial charge in [0.25, 0.3) is 0 Å². The molecule has 8 heteroatoms. The van der Waals surface area contributed by atoms with Gasteiger partial charge in [-0.3, -0.25) is 9.69 Å². The minimum absolute atomic E-state index is 0.0669. The minimum Gasteiger partial charge on any atom is -0.490 e. The molecule has 1 unspecified atom stereocenters. The van der Waals surface area contributed by atoms with Crippen molar-refractivity contribution >= 4 is 46.3 Å². The highest BCUT2D eigenvalue weighted by Crippen LogP contribution is 2.35. The maximum absolute atomic E-state index is 14.7. The SMILES string of the molecule is O=C(C1CC=C(c2ccc(OCC3CCN(C(Cl)(Cl)Cl)CC3)c(F)c2)CC1)N1CCCC1. The second kappa shape index (κ2) is 10.5. The van der Waals surface area contributed by atoms with E-state index in [2.05, 4.69) is 6.08 Å². The van der Waals surface area contributed by atoms with Gasteiger partial charge in [-0.2, -0.15) is 0 Å². The van der Waals surface area contributed by atoms with Gasteiger partial charge in [0.1, 0.15) is 0 Å². The number of amides is 1. The van der Waals surface area contributed by atoms with Gasteiger partial charge in [0.05, 0.1) is 6.61 Å². The molecule has 1 aliphatic carbocycles. The van der Waals surface area contributed by atoms with E-state index in [-0.39, 0.29) is 23.4 Å². The van der Waals surface area contributed by atoms with Gasteiger partial charge in [0.15, 0.2) is 11.6 Å². The molecule has 176 valence electrons. The maximum Gasteiger partial charge on any atom is 0.247 e. The smallest absolute Gasteiger partial charge is 0.247 e. The Morgan fingerprint density at radius 2 is 1.81 bits per heavy atom. The van der Waals surface area contributed by atoms with E-state index in [0.717, 1.165) is 69.2 Å². The predicted molar refractivity (Wildman–Crippen MR) is 128 cm³/mol. The summed E-state index contributed by atoms with van der Waals surface area (Å²) in [6.45, 7) is 3.60. The van der Waals surface area contributed by atoms with Crippen LogP contribution in [-0.4, -0.2) is 52.4 Å². The number of alkyl halides is 3. The van der Waals surface area contributed by atoms with Crippen LogP contribution < -0.4 is 4.74 Å². The molecule has 0 radical (unpaired) electrons. The number of carbonyl (C=O) groups excluding carboxylic acids is 1. The van der Waals surface area contributed by atoms with Crippen LogP contribution in [0.1, 0.15) is 50.5 Å². The van der Waals surface area contributed by atoms with Crippen molar-refractivity contribution in [3.63, 3.8) is 0 Å². The summed E-state index contributed by atoms with van der Waals surface area (Å²) in [6, 6.07) is 5.18. The Morgan fingerprint density at radius 3 is 2.41 bits per heavy atom. The zero-order chi connectivity index (χ0) is 22.7. The quantitative estimate of drug-likeness (QED) is 0.362. The number of piperidine rings is 1. The Bertz CT molecular complexity index is 844. The van der Waals surface area contributed by atoms with Crippen molar-refractivity contribution < 1.29 is 13.9 Å². The van der Waals surface area contributed by atoms with Gasteiger partial charge in [-0.1, -0.05) is 46.9 Å². The van der Waals surface area contributed by atoms with Crippen LogP contribution in [-0.2, 0) is 4.79 Å². The lowest BCUT2D eigenvalue weighted by atomic mass is 9.86. The number of benzene rings is 1. The molecule has 4 nitrogen and oxygen atoms in total. The number of hydrogen-bond donors (Lipinski definition) is 0. The summed E-state index contributed by atoms with van der Waals surface area (Å²) in [5, 5.41) is 0. The fourth-order valence-corrected chi connectivity index (χ4v) is 5.40. The number of rotatable bonds is 5. The van der Waals surface area contributed by atoms with Crippen LogP contribution in [0.25, 0.3) is 5.57 Å². The molecule has 2 heterocycles. The fourth-order valence-electron chi connectivity index (χ4n) is 4.89. The van der Waals surface area contributed by atoms with E-state index in [9.17, 15) is 9.18 Å². The summed E-state index contributed by atoms with van der Waals surface area (Å²) in [5.74, 6) is 0.585. The summed E-state index contributed by atoms with van der Waals surface area (Å²) in [5.41, 5.74) is 1.98. The first kappa shape index (κ1) is 24.1. The zero-order valence-electron chi connectivity index (χ0n) is 18.2. The van der Waals surface area contributed by atoms with Gasteiger partial charge in [-0.15, -0.1) is 0 Å². The minimum atomic E-state index is -1.37. The van der Waals surface area contributed by atoms with E-state index in [4.69, 9.17) is 39.5 Å². The third-order valence-corrected chi connectivity index (χ3v) is 7.65. The topological polar surface area (TPSA) is 32.8 Å². The van der Waals surface area contributed by atoms with Crippen LogP contribution in [0, 0.1) is 17.7 Å². The van der Waals surface area contributed by atoms with Gasteiger partial charge in [0.2, 0.25) is 9.82 Å². The first-order valence-electron chi connectivity index (χ1n) is 11.5. The van der Waals surface area contributed by atoms with Crippen molar-refractivity contribution in [1.29, 1.82) is 0 Å². The lowest BCUT2D eigenvalue weighted by Gasteiger charge is -2.35. The van der Waals surface area contributed by atoms with Crippen molar-refractivity contribution in [1.82, 2.24) is 9.80 Å². The van der Waals surface area contributed by atoms with Crippen LogP contribution in [0.3, 0.4) is 0 Å². The molecule has 0 saturated carbocycles. The first-order chi connectivity index (χ1) is 15.3.